The molecule has 0 saturated carbocycles. The third-order valence-electron chi connectivity index (χ3n) is 5.95. The quantitative estimate of drug-likeness (QED) is 0.548. The van der Waals surface area contributed by atoms with Gasteiger partial charge >= 0.3 is 6.03 Å². The van der Waals surface area contributed by atoms with Crippen molar-refractivity contribution < 1.29 is 14.4 Å². The first-order valence-electron chi connectivity index (χ1n) is 10.5. The number of ketones is 1. The summed E-state index contributed by atoms with van der Waals surface area (Å²) in [6.07, 6.45) is 2.01. The number of amides is 3. The van der Waals surface area contributed by atoms with Gasteiger partial charge in [-0.05, 0) is 58.2 Å². The first-order chi connectivity index (χ1) is 14.1. The number of imide groups is 1. The SMILES string of the molecule is CCCc1ccc([C@]2(C)NC(=O)N(CC(=O)c3cc(C)n(C(C)C)c3C)C2=O)cc1. The van der Waals surface area contributed by atoms with E-state index >= 15 is 0 Å². The summed E-state index contributed by atoms with van der Waals surface area (Å²) in [5.74, 6) is -0.636. The molecule has 1 aliphatic rings. The van der Waals surface area contributed by atoms with Crippen LogP contribution in [0.4, 0.5) is 4.79 Å². The van der Waals surface area contributed by atoms with Crippen molar-refractivity contribution in [2.45, 2.75) is 66.0 Å². The standard InChI is InChI=1S/C24H31N3O3/c1-7-8-18-9-11-19(12-10-18)24(6)22(29)26(23(30)25-24)14-21(28)20-13-16(4)27(15(2)3)17(20)5/h9-13,15H,7-8,14H2,1-6H3,(H,25,30)/t24-/m0/s1. The third-order valence-corrected chi connectivity index (χ3v) is 5.95. The van der Waals surface area contributed by atoms with Crippen molar-refractivity contribution in [3.63, 3.8) is 0 Å². The van der Waals surface area contributed by atoms with Gasteiger partial charge in [0, 0.05) is 23.0 Å². The molecule has 1 aromatic heterocycles. The summed E-state index contributed by atoms with van der Waals surface area (Å²) in [7, 11) is 0. The number of hydrogen-bond donors (Lipinski definition) is 1. The lowest BCUT2D eigenvalue weighted by Crippen LogP contribution is -2.41. The van der Waals surface area contributed by atoms with Crippen LogP contribution in [0.1, 0.15) is 73.0 Å². The number of urea groups is 1. The number of benzene rings is 1. The number of Topliss-reactive ketones (excluding diaryl/α,β-unsaturated/α-hetero) is 1. The summed E-state index contributed by atoms with van der Waals surface area (Å²) in [5, 5.41) is 2.78. The van der Waals surface area contributed by atoms with E-state index in [0.717, 1.165) is 29.1 Å². The molecule has 1 aromatic carbocycles. The zero-order valence-electron chi connectivity index (χ0n) is 18.7. The van der Waals surface area contributed by atoms with Crippen LogP contribution in [0.15, 0.2) is 30.3 Å². The highest BCUT2D eigenvalue weighted by Crippen LogP contribution is 2.30. The molecule has 6 nitrogen and oxygen atoms in total. The van der Waals surface area contributed by atoms with Gasteiger partial charge in [-0.15, -0.1) is 0 Å². The topological polar surface area (TPSA) is 71.4 Å². The second-order valence-corrected chi connectivity index (χ2v) is 8.57. The van der Waals surface area contributed by atoms with Crippen molar-refractivity contribution in [1.29, 1.82) is 0 Å². The first kappa shape index (κ1) is 21.8. The van der Waals surface area contributed by atoms with E-state index in [9.17, 15) is 14.4 Å². The molecule has 3 amide bonds. The van der Waals surface area contributed by atoms with E-state index in [4.69, 9.17) is 0 Å². The van der Waals surface area contributed by atoms with Crippen molar-refractivity contribution in [3.05, 3.63) is 58.4 Å². The van der Waals surface area contributed by atoms with E-state index in [1.54, 1.807) is 6.92 Å². The van der Waals surface area contributed by atoms with Crippen LogP contribution in [0, 0.1) is 13.8 Å². The van der Waals surface area contributed by atoms with Gasteiger partial charge in [0.05, 0.1) is 6.54 Å². The Kier molecular flexibility index (Phi) is 5.88. The van der Waals surface area contributed by atoms with Gasteiger partial charge < -0.3 is 9.88 Å². The largest absolute Gasteiger partial charge is 0.346 e. The average Bonchev–Trinajstić information content (AvgIpc) is 3.10. The van der Waals surface area contributed by atoms with E-state index < -0.39 is 17.5 Å². The predicted octanol–water partition coefficient (Wildman–Crippen LogP) is 4.29. The maximum Gasteiger partial charge on any atom is 0.325 e. The first-order valence-corrected chi connectivity index (χ1v) is 10.5. The van der Waals surface area contributed by atoms with Gasteiger partial charge in [0.25, 0.3) is 5.91 Å². The second kappa shape index (κ2) is 8.09. The number of aryl methyl sites for hydroxylation is 2. The molecule has 0 spiro atoms. The zero-order chi connectivity index (χ0) is 22.2. The zero-order valence-corrected chi connectivity index (χ0v) is 18.7. The number of rotatable bonds is 7. The molecule has 0 radical (unpaired) electrons. The highest BCUT2D eigenvalue weighted by Gasteiger charge is 2.49. The molecule has 6 heteroatoms. The molecule has 1 atom stereocenters. The minimum Gasteiger partial charge on any atom is -0.346 e. The summed E-state index contributed by atoms with van der Waals surface area (Å²) in [6, 6.07) is 9.25. The van der Waals surface area contributed by atoms with Crippen LogP contribution >= 0.6 is 0 Å². The van der Waals surface area contributed by atoms with E-state index in [0.29, 0.717) is 11.1 Å². The fourth-order valence-corrected chi connectivity index (χ4v) is 4.41. The number of nitrogens with one attached hydrogen (secondary N) is 1. The van der Waals surface area contributed by atoms with Crippen molar-refractivity contribution >= 4 is 17.7 Å². The Hall–Kier alpha value is -2.89. The van der Waals surface area contributed by atoms with Crippen LogP contribution in [0.3, 0.4) is 0 Å². The molecule has 2 heterocycles. The lowest BCUT2D eigenvalue weighted by molar-refractivity contribution is -0.130. The second-order valence-electron chi connectivity index (χ2n) is 8.57. The Morgan fingerprint density at radius 3 is 2.30 bits per heavy atom. The van der Waals surface area contributed by atoms with Crippen LogP contribution in [0.5, 0.6) is 0 Å². The molecule has 1 saturated heterocycles. The Morgan fingerprint density at radius 1 is 1.13 bits per heavy atom. The molecule has 3 rings (SSSR count). The van der Waals surface area contributed by atoms with Gasteiger partial charge in [0.1, 0.15) is 5.54 Å². The van der Waals surface area contributed by atoms with Crippen molar-refractivity contribution in [2.75, 3.05) is 6.54 Å². The van der Waals surface area contributed by atoms with E-state index in [1.165, 1.54) is 5.56 Å². The normalized spacial score (nSPS) is 19.0. The highest BCUT2D eigenvalue weighted by molar-refractivity contribution is 6.11. The molecule has 160 valence electrons. The number of nitrogens with zero attached hydrogens (tertiary/aromatic N) is 2. The number of hydrogen-bond acceptors (Lipinski definition) is 3. The smallest absolute Gasteiger partial charge is 0.325 e. The molecule has 0 unspecified atom stereocenters. The monoisotopic (exact) mass is 409 g/mol. The highest BCUT2D eigenvalue weighted by atomic mass is 16.2. The Labute approximate surface area is 178 Å². The average molecular weight is 410 g/mol. The lowest BCUT2D eigenvalue weighted by atomic mass is 9.91. The molecular weight excluding hydrogens is 378 g/mol. The van der Waals surface area contributed by atoms with E-state index in [1.807, 2.05) is 44.2 Å². The summed E-state index contributed by atoms with van der Waals surface area (Å²) < 4.78 is 2.08. The van der Waals surface area contributed by atoms with Crippen LogP contribution in [0.25, 0.3) is 0 Å². The summed E-state index contributed by atoms with van der Waals surface area (Å²) >= 11 is 0. The number of carbonyl (C=O) groups excluding carboxylic acids is 3. The van der Waals surface area contributed by atoms with Crippen molar-refractivity contribution in [3.8, 4) is 0 Å². The fourth-order valence-electron chi connectivity index (χ4n) is 4.41. The Balaban J connectivity index is 1.83. The van der Waals surface area contributed by atoms with Gasteiger partial charge in [0.2, 0.25) is 0 Å². The van der Waals surface area contributed by atoms with Gasteiger partial charge in [-0.25, -0.2) is 4.79 Å². The molecule has 30 heavy (non-hydrogen) atoms. The minimum absolute atomic E-state index is 0.224. The Morgan fingerprint density at radius 2 is 1.77 bits per heavy atom. The number of carbonyl (C=O) groups is 3. The minimum atomic E-state index is -1.17. The lowest BCUT2D eigenvalue weighted by Gasteiger charge is -2.22. The van der Waals surface area contributed by atoms with Crippen molar-refractivity contribution in [1.82, 2.24) is 14.8 Å². The maximum atomic E-state index is 13.2. The summed E-state index contributed by atoms with van der Waals surface area (Å²) in [6.45, 7) is 11.5. The van der Waals surface area contributed by atoms with E-state index in [2.05, 4.69) is 30.7 Å². The molecule has 1 fully saturated rings. The maximum absolute atomic E-state index is 13.2. The predicted molar refractivity (Wildman–Crippen MR) is 117 cm³/mol. The van der Waals surface area contributed by atoms with Crippen LogP contribution in [0.2, 0.25) is 0 Å². The molecule has 1 N–H and O–H groups in total. The molecule has 2 aromatic rings. The molecule has 0 aliphatic carbocycles. The molecule has 0 bridgehead atoms. The van der Waals surface area contributed by atoms with Gasteiger partial charge in [-0.1, -0.05) is 37.6 Å². The number of aromatic nitrogens is 1. The van der Waals surface area contributed by atoms with Crippen LogP contribution in [-0.4, -0.2) is 33.7 Å². The van der Waals surface area contributed by atoms with Gasteiger partial charge in [-0.3, -0.25) is 14.5 Å². The van der Waals surface area contributed by atoms with Crippen LogP contribution in [-0.2, 0) is 16.8 Å². The van der Waals surface area contributed by atoms with Crippen LogP contribution < -0.4 is 5.32 Å². The van der Waals surface area contributed by atoms with Crippen molar-refractivity contribution in [2.24, 2.45) is 0 Å². The molecule has 1 aliphatic heterocycles. The molecular formula is C24H31N3O3. The Bertz CT molecular complexity index is 988. The summed E-state index contributed by atoms with van der Waals surface area (Å²) in [5.41, 5.74) is 3.13. The fraction of sp³-hybridized carbons (Fsp3) is 0.458. The third kappa shape index (κ3) is 3.66. The van der Waals surface area contributed by atoms with Gasteiger partial charge in [-0.2, -0.15) is 0 Å². The summed E-state index contributed by atoms with van der Waals surface area (Å²) in [4.78, 5) is 39.8. The van der Waals surface area contributed by atoms with Gasteiger partial charge in [0.15, 0.2) is 5.78 Å². The van der Waals surface area contributed by atoms with E-state index in [-0.39, 0.29) is 18.4 Å².